The molecule has 0 radical (unpaired) electrons. The van der Waals surface area contributed by atoms with E-state index in [-0.39, 0.29) is 0 Å². The second kappa shape index (κ2) is 23.3. The lowest BCUT2D eigenvalue weighted by Crippen LogP contribution is -1.82. The normalized spacial score (nSPS) is 11.6. The van der Waals surface area contributed by atoms with Gasteiger partial charge in [-0.25, -0.2) is 0 Å². The molecule has 0 aliphatic heterocycles. The molecule has 0 aromatic heterocycles. The molecule has 0 unspecified atom stereocenters. The van der Waals surface area contributed by atoms with Gasteiger partial charge in [-0.1, -0.05) is 89.2 Å². The summed E-state index contributed by atoms with van der Waals surface area (Å²) in [4.78, 5) is 0. The molecule has 0 saturated carbocycles. The first kappa shape index (κ1) is 24.3. The Bertz CT molecular complexity index is 214. The van der Waals surface area contributed by atoms with E-state index in [4.69, 9.17) is 23.2 Å². The third-order valence-corrected chi connectivity index (χ3v) is 5.21. The van der Waals surface area contributed by atoms with Crippen molar-refractivity contribution in [3.63, 3.8) is 0 Å². The van der Waals surface area contributed by atoms with Crippen molar-refractivity contribution in [2.75, 3.05) is 11.8 Å². The topological polar surface area (TPSA) is 0 Å². The number of unbranched alkanes of at least 4 members (excludes halogenated alkanes) is 16. The van der Waals surface area contributed by atoms with Crippen LogP contribution in [0.15, 0.2) is 12.2 Å². The molecule has 0 bridgehead atoms. The summed E-state index contributed by atoms with van der Waals surface area (Å²) in [5.74, 6) is 1.67. The summed E-state index contributed by atoms with van der Waals surface area (Å²) in [5.41, 5.74) is 0. The molecule has 0 aromatic rings. The smallest absolute Gasteiger partial charge is 0.0223 e. The van der Waals surface area contributed by atoms with Crippen LogP contribution in [0.2, 0.25) is 0 Å². The molecule has 0 rings (SSSR count). The molecule has 0 N–H and O–H groups in total. The zero-order valence-corrected chi connectivity index (χ0v) is 17.6. The standard InChI is InChI=1S/C22H42Cl2/c23-21-19-17-15-13-11-9-7-5-3-1-2-4-6-8-10-12-14-16-18-20-22-24/h1-2H,3-22H2. The van der Waals surface area contributed by atoms with Crippen LogP contribution in [-0.4, -0.2) is 11.8 Å². The van der Waals surface area contributed by atoms with Crippen LogP contribution < -0.4 is 0 Å². The summed E-state index contributed by atoms with van der Waals surface area (Å²) in [5, 5.41) is 0. The highest BCUT2D eigenvalue weighted by Crippen LogP contribution is 2.12. The van der Waals surface area contributed by atoms with Gasteiger partial charge in [-0.15, -0.1) is 23.2 Å². The van der Waals surface area contributed by atoms with E-state index in [1.54, 1.807) is 0 Å². The Morgan fingerprint density at radius 1 is 0.333 bits per heavy atom. The van der Waals surface area contributed by atoms with E-state index in [0.29, 0.717) is 0 Å². The highest BCUT2D eigenvalue weighted by Gasteiger charge is 1.93. The predicted molar refractivity (Wildman–Crippen MR) is 114 cm³/mol. The molecular formula is C22H42Cl2. The van der Waals surface area contributed by atoms with Gasteiger partial charge in [-0.3, -0.25) is 0 Å². The van der Waals surface area contributed by atoms with Crippen molar-refractivity contribution in [2.24, 2.45) is 0 Å². The van der Waals surface area contributed by atoms with Crippen LogP contribution in [0.1, 0.15) is 116 Å². The Morgan fingerprint density at radius 3 is 0.875 bits per heavy atom. The van der Waals surface area contributed by atoms with Crippen LogP contribution in [0, 0.1) is 0 Å². The van der Waals surface area contributed by atoms with Crippen molar-refractivity contribution in [3.8, 4) is 0 Å². The van der Waals surface area contributed by atoms with E-state index >= 15 is 0 Å². The van der Waals surface area contributed by atoms with Gasteiger partial charge in [-0.2, -0.15) is 0 Å². The quantitative estimate of drug-likeness (QED) is 0.113. The maximum atomic E-state index is 5.68. The number of hydrogen-bond donors (Lipinski definition) is 0. The van der Waals surface area contributed by atoms with Crippen molar-refractivity contribution in [1.29, 1.82) is 0 Å². The summed E-state index contributed by atoms with van der Waals surface area (Å²) in [6.07, 6.45) is 29.2. The van der Waals surface area contributed by atoms with Gasteiger partial charge in [-0.05, 0) is 38.5 Å². The van der Waals surface area contributed by atoms with Crippen LogP contribution in [0.5, 0.6) is 0 Å². The SMILES string of the molecule is ClCCCCCCCCCCC=CCCCCCCCCCCCl. The third kappa shape index (κ3) is 22.3. The number of alkyl halides is 2. The highest BCUT2D eigenvalue weighted by atomic mass is 35.5. The van der Waals surface area contributed by atoms with Crippen molar-refractivity contribution in [1.82, 2.24) is 0 Å². The average molecular weight is 377 g/mol. The molecule has 2 heteroatoms. The zero-order valence-electron chi connectivity index (χ0n) is 16.1. The first-order chi connectivity index (χ1) is 11.9. The molecule has 0 aliphatic carbocycles. The van der Waals surface area contributed by atoms with Gasteiger partial charge >= 0.3 is 0 Å². The van der Waals surface area contributed by atoms with E-state index in [0.717, 1.165) is 11.8 Å². The third-order valence-electron chi connectivity index (χ3n) is 4.68. The fourth-order valence-corrected chi connectivity index (χ4v) is 3.45. The highest BCUT2D eigenvalue weighted by molar-refractivity contribution is 6.18. The Morgan fingerprint density at radius 2 is 0.583 bits per heavy atom. The maximum absolute atomic E-state index is 5.68. The Hall–Kier alpha value is 0.320. The van der Waals surface area contributed by atoms with Crippen LogP contribution in [0.25, 0.3) is 0 Å². The average Bonchev–Trinajstić information content (AvgIpc) is 2.60. The molecule has 0 aromatic carbocycles. The van der Waals surface area contributed by atoms with Crippen LogP contribution in [0.4, 0.5) is 0 Å². The molecule has 0 heterocycles. The van der Waals surface area contributed by atoms with Crippen LogP contribution in [-0.2, 0) is 0 Å². The number of rotatable bonds is 20. The molecule has 0 spiro atoms. The van der Waals surface area contributed by atoms with Gasteiger partial charge in [0.15, 0.2) is 0 Å². The first-order valence-electron chi connectivity index (χ1n) is 10.7. The summed E-state index contributed by atoms with van der Waals surface area (Å²) in [6.45, 7) is 0. The molecule has 0 saturated heterocycles. The maximum Gasteiger partial charge on any atom is 0.0223 e. The predicted octanol–water partition coefficient (Wildman–Crippen LogP) is 9.04. The van der Waals surface area contributed by atoms with Crippen molar-refractivity contribution >= 4 is 23.2 Å². The number of allylic oxidation sites excluding steroid dienone is 2. The van der Waals surface area contributed by atoms with E-state index in [1.165, 1.54) is 116 Å². The summed E-state index contributed by atoms with van der Waals surface area (Å²) in [6, 6.07) is 0. The van der Waals surface area contributed by atoms with Gasteiger partial charge in [0, 0.05) is 11.8 Å². The van der Waals surface area contributed by atoms with Gasteiger partial charge in [0.25, 0.3) is 0 Å². The molecule has 0 atom stereocenters. The van der Waals surface area contributed by atoms with E-state index in [9.17, 15) is 0 Å². The molecule has 0 nitrogen and oxygen atoms in total. The molecule has 0 amide bonds. The van der Waals surface area contributed by atoms with E-state index in [2.05, 4.69) is 12.2 Å². The van der Waals surface area contributed by atoms with Gasteiger partial charge in [0.05, 0.1) is 0 Å². The van der Waals surface area contributed by atoms with E-state index < -0.39 is 0 Å². The van der Waals surface area contributed by atoms with E-state index in [1.807, 2.05) is 0 Å². The van der Waals surface area contributed by atoms with Gasteiger partial charge in [0.1, 0.15) is 0 Å². The second-order valence-electron chi connectivity index (χ2n) is 7.08. The van der Waals surface area contributed by atoms with Crippen molar-refractivity contribution < 1.29 is 0 Å². The summed E-state index contributed by atoms with van der Waals surface area (Å²) >= 11 is 11.4. The minimum Gasteiger partial charge on any atom is -0.127 e. The second-order valence-corrected chi connectivity index (χ2v) is 7.84. The fourth-order valence-electron chi connectivity index (χ4n) is 3.07. The zero-order chi connectivity index (χ0) is 17.6. The Balaban J connectivity index is 3.04. The van der Waals surface area contributed by atoms with Crippen LogP contribution >= 0.6 is 23.2 Å². The molecule has 0 aliphatic rings. The number of halogens is 2. The molecular weight excluding hydrogens is 335 g/mol. The summed E-state index contributed by atoms with van der Waals surface area (Å²) in [7, 11) is 0. The lowest BCUT2D eigenvalue weighted by molar-refractivity contribution is 0.575. The fraction of sp³-hybridized carbons (Fsp3) is 0.909. The van der Waals surface area contributed by atoms with Gasteiger partial charge < -0.3 is 0 Å². The largest absolute Gasteiger partial charge is 0.127 e. The van der Waals surface area contributed by atoms with Gasteiger partial charge in [0.2, 0.25) is 0 Å². The minimum atomic E-state index is 0.835. The van der Waals surface area contributed by atoms with Crippen molar-refractivity contribution in [3.05, 3.63) is 12.2 Å². The minimum absolute atomic E-state index is 0.835. The van der Waals surface area contributed by atoms with Crippen LogP contribution in [0.3, 0.4) is 0 Å². The lowest BCUT2D eigenvalue weighted by Gasteiger charge is -2.01. The molecule has 144 valence electrons. The Labute approximate surface area is 162 Å². The number of hydrogen-bond acceptors (Lipinski definition) is 0. The molecule has 0 fully saturated rings. The first-order valence-corrected chi connectivity index (χ1v) is 11.8. The lowest BCUT2D eigenvalue weighted by atomic mass is 10.1. The molecule has 24 heavy (non-hydrogen) atoms. The van der Waals surface area contributed by atoms with Crippen molar-refractivity contribution in [2.45, 2.75) is 116 Å². The monoisotopic (exact) mass is 376 g/mol. The Kier molecular flexibility index (Phi) is 23.6. The summed E-state index contributed by atoms with van der Waals surface area (Å²) < 4.78 is 0.